The summed E-state index contributed by atoms with van der Waals surface area (Å²) in [6.45, 7) is 0.232. The second-order valence-electron chi connectivity index (χ2n) is 6.21. The second kappa shape index (κ2) is 6.88. The zero-order valence-corrected chi connectivity index (χ0v) is 13.4. The summed E-state index contributed by atoms with van der Waals surface area (Å²) in [5.41, 5.74) is 1.69. The molecule has 0 radical (unpaired) electrons. The lowest BCUT2D eigenvalue weighted by atomic mass is 10.1. The SMILES string of the molecule is O=C(NCc1ccccc1CO)[C@H]1C[C@@H]1c1ccc(C(F)(F)F)cc1. The van der Waals surface area contributed by atoms with E-state index in [-0.39, 0.29) is 24.3 Å². The minimum absolute atomic E-state index is 0.0321. The van der Waals surface area contributed by atoms with Crippen LogP contribution in [0.3, 0.4) is 0 Å². The van der Waals surface area contributed by atoms with Crippen molar-refractivity contribution >= 4 is 5.91 Å². The Bertz CT molecular complexity index is 756. The van der Waals surface area contributed by atoms with E-state index in [1.54, 1.807) is 6.07 Å². The Morgan fingerprint density at radius 3 is 2.32 bits per heavy atom. The Hall–Kier alpha value is -2.34. The molecular formula is C19H18F3NO2. The first kappa shape index (κ1) is 17.5. The van der Waals surface area contributed by atoms with Crippen molar-refractivity contribution in [3.05, 3.63) is 70.8 Å². The Morgan fingerprint density at radius 1 is 1.08 bits per heavy atom. The van der Waals surface area contributed by atoms with Crippen LogP contribution in [0.5, 0.6) is 0 Å². The predicted molar refractivity (Wildman–Crippen MR) is 86.5 cm³/mol. The third kappa shape index (κ3) is 4.02. The minimum atomic E-state index is -4.35. The highest BCUT2D eigenvalue weighted by molar-refractivity contribution is 5.82. The first-order valence-corrected chi connectivity index (χ1v) is 8.02. The van der Waals surface area contributed by atoms with Crippen molar-refractivity contribution < 1.29 is 23.1 Å². The van der Waals surface area contributed by atoms with Gasteiger partial charge in [0.15, 0.2) is 0 Å². The normalized spacial score (nSPS) is 19.5. The maximum absolute atomic E-state index is 12.6. The van der Waals surface area contributed by atoms with Crippen LogP contribution in [0.15, 0.2) is 48.5 Å². The Morgan fingerprint density at radius 2 is 1.72 bits per heavy atom. The summed E-state index contributed by atoms with van der Waals surface area (Å²) < 4.78 is 37.7. The largest absolute Gasteiger partial charge is 0.416 e. The molecule has 0 aliphatic heterocycles. The standard InChI is InChI=1S/C19H18F3NO2/c20-19(21,22)15-7-5-12(6-8-15)16-9-17(16)18(25)23-10-13-3-1-2-4-14(13)11-24/h1-8,16-17,24H,9-11H2,(H,23,25)/t16-,17+/m1/s1. The van der Waals surface area contributed by atoms with Crippen molar-refractivity contribution in [3.63, 3.8) is 0 Å². The van der Waals surface area contributed by atoms with Crippen molar-refractivity contribution in [2.24, 2.45) is 5.92 Å². The molecule has 2 atom stereocenters. The number of alkyl halides is 3. The molecule has 1 amide bonds. The summed E-state index contributed by atoms with van der Waals surface area (Å²) in [6.07, 6.45) is -3.71. The van der Waals surface area contributed by atoms with Gasteiger partial charge in [0.2, 0.25) is 5.91 Å². The number of halogens is 3. The van der Waals surface area contributed by atoms with Crippen LogP contribution in [0.2, 0.25) is 0 Å². The highest BCUT2D eigenvalue weighted by Gasteiger charge is 2.44. The summed E-state index contributed by atoms with van der Waals surface area (Å²) in [5.74, 6) is -0.356. The van der Waals surface area contributed by atoms with Gasteiger partial charge < -0.3 is 10.4 Å². The average molecular weight is 349 g/mol. The molecule has 2 aromatic carbocycles. The van der Waals surface area contributed by atoms with Crippen LogP contribution < -0.4 is 5.32 Å². The maximum Gasteiger partial charge on any atom is 0.416 e. The maximum atomic E-state index is 12.6. The van der Waals surface area contributed by atoms with Crippen LogP contribution in [0, 0.1) is 5.92 Å². The second-order valence-corrected chi connectivity index (χ2v) is 6.21. The third-order valence-electron chi connectivity index (χ3n) is 4.54. The molecule has 1 aliphatic rings. The van der Waals surface area contributed by atoms with E-state index in [1.807, 2.05) is 18.2 Å². The number of carbonyl (C=O) groups is 1. The van der Waals surface area contributed by atoms with Gasteiger partial charge in [-0.2, -0.15) is 13.2 Å². The molecule has 1 aliphatic carbocycles. The zero-order valence-electron chi connectivity index (χ0n) is 13.4. The Kier molecular flexibility index (Phi) is 4.81. The van der Waals surface area contributed by atoms with E-state index in [0.29, 0.717) is 13.0 Å². The number of nitrogens with one attached hydrogen (secondary N) is 1. The molecular weight excluding hydrogens is 331 g/mol. The van der Waals surface area contributed by atoms with Gasteiger partial charge in [-0.15, -0.1) is 0 Å². The van der Waals surface area contributed by atoms with E-state index >= 15 is 0 Å². The number of hydrogen-bond donors (Lipinski definition) is 2. The summed E-state index contributed by atoms with van der Waals surface area (Å²) in [5, 5.41) is 12.1. The van der Waals surface area contributed by atoms with Gasteiger partial charge in [0.05, 0.1) is 12.2 Å². The minimum Gasteiger partial charge on any atom is -0.392 e. The van der Waals surface area contributed by atoms with Gasteiger partial charge in [-0.3, -0.25) is 4.79 Å². The van der Waals surface area contributed by atoms with Crippen molar-refractivity contribution in [1.82, 2.24) is 5.32 Å². The number of hydrogen-bond acceptors (Lipinski definition) is 2. The van der Waals surface area contributed by atoms with Gasteiger partial charge in [0, 0.05) is 12.5 Å². The average Bonchev–Trinajstić information content (AvgIpc) is 3.40. The number of rotatable bonds is 5. The van der Waals surface area contributed by atoms with Crippen LogP contribution in [-0.4, -0.2) is 11.0 Å². The lowest BCUT2D eigenvalue weighted by molar-refractivity contribution is -0.137. The van der Waals surface area contributed by atoms with E-state index < -0.39 is 11.7 Å². The first-order valence-electron chi connectivity index (χ1n) is 8.02. The summed E-state index contributed by atoms with van der Waals surface area (Å²) >= 11 is 0. The van der Waals surface area contributed by atoms with E-state index in [4.69, 9.17) is 0 Å². The van der Waals surface area contributed by atoms with Gasteiger partial charge in [-0.05, 0) is 41.2 Å². The Balaban J connectivity index is 1.57. The summed E-state index contributed by atoms with van der Waals surface area (Å²) in [7, 11) is 0. The quantitative estimate of drug-likeness (QED) is 0.866. The highest BCUT2D eigenvalue weighted by atomic mass is 19.4. The van der Waals surface area contributed by atoms with Gasteiger partial charge in [0.1, 0.15) is 0 Å². The van der Waals surface area contributed by atoms with Crippen LogP contribution >= 0.6 is 0 Å². The van der Waals surface area contributed by atoms with E-state index in [9.17, 15) is 23.1 Å². The summed E-state index contributed by atoms with van der Waals surface area (Å²) in [6, 6.07) is 12.3. The van der Waals surface area contributed by atoms with Crippen LogP contribution in [0.1, 0.15) is 34.6 Å². The van der Waals surface area contributed by atoms with Crippen LogP contribution in [-0.2, 0) is 24.1 Å². The predicted octanol–water partition coefficient (Wildman–Crippen LogP) is 3.62. The summed E-state index contributed by atoms with van der Waals surface area (Å²) in [4.78, 5) is 12.2. The van der Waals surface area contributed by atoms with E-state index in [2.05, 4.69) is 5.32 Å². The highest BCUT2D eigenvalue weighted by Crippen LogP contribution is 2.48. The zero-order chi connectivity index (χ0) is 18.0. The smallest absolute Gasteiger partial charge is 0.392 e. The topological polar surface area (TPSA) is 49.3 Å². The number of amides is 1. The molecule has 1 fully saturated rings. The molecule has 25 heavy (non-hydrogen) atoms. The van der Waals surface area contributed by atoms with Crippen molar-refractivity contribution in [3.8, 4) is 0 Å². The van der Waals surface area contributed by atoms with Gasteiger partial charge in [0.25, 0.3) is 0 Å². The van der Waals surface area contributed by atoms with Crippen LogP contribution in [0.25, 0.3) is 0 Å². The molecule has 0 aromatic heterocycles. The lowest BCUT2D eigenvalue weighted by Crippen LogP contribution is -2.25. The van der Waals surface area contributed by atoms with E-state index in [1.165, 1.54) is 12.1 Å². The number of carbonyl (C=O) groups excluding carboxylic acids is 1. The molecule has 1 saturated carbocycles. The first-order chi connectivity index (χ1) is 11.9. The fraction of sp³-hybridized carbons (Fsp3) is 0.316. The molecule has 2 N–H and O–H groups in total. The molecule has 0 unspecified atom stereocenters. The molecule has 132 valence electrons. The fourth-order valence-corrected chi connectivity index (χ4v) is 2.97. The van der Waals surface area contributed by atoms with Gasteiger partial charge in [-0.1, -0.05) is 36.4 Å². The number of benzene rings is 2. The third-order valence-corrected chi connectivity index (χ3v) is 4.54. The monoisotopic (exact) mass is 349 g/mol. The molecule has 0 spiro atoms. The molecule has 3 rings (SSSR count). The van der Waals surface area contributed by atoms with Gasteiger partial charge in [-0.25, -0.2) is 0 Å². The molecule has 3 nitrogen and oxygen atoms in total. The Labute approximate surface area is 143 Å². The fourth-order valence-electron chi connectivity index (χ4n) is 2.97. The van der Waals surface area contributed by atoms with Crippen molar-refractivity contribution in [2.45, 2.75) is 31.7 Å². The number of aliphatic hydroxyl groups is 1. The van der Waals surface area contributed by atoms with E-state index in [0.717, 1.165) is 28.8 Å². The lowest BCUT2D eigenvalue weighted by Gasteiger charge is -2.09. The van der Waals surface area contributed by atoms with Crippen LogP contribution in [0.4, 0.5) is 13.2 Å². The van der Waals surface area contributed by atoms with Gasteiger partial charge >= 0.3 is 6.18 Å². The van der Waals surface area contributed by atoms with Crippen molar-refractivity contribution in [2.75, 3.05) is 0 Å². The molecule has 2 aromatic rings. The molecule has 0 bridgehead atoms. The molecule has 6 heteroatoms. The number of aliphatic hydroxyl groups excluding tert-OH is 1. The molecule has 0 saturated heterocycles. The van der Waals surface area contributed by atoms with Crippen molar-refractivity contribution in [1.29, 1.82) is 0 Å². The molecule has 0 heterocycles.